The number of nitrogens with zero attached hydrogens (tertiary/aromatic N) is 5. The molecule has 0 unspecified atom stereocenters. The summed E-state index contributed by atoms with van der Waals surface area (Å²) in [6.45, 7) is 3.96. The lowest BCUT2D eigenvalue weighted by atomic mass is 10.1. The number of fused-ring (bicyclic) bond motifs is 1. The van der Waals surface area contributed by atoms with E-state index in [1.807, 2.05) is 6.07 Å². The number of nitrogens with one attached hydrogen (secondary N) is 1. The topological polar surface area (TPSA) is 58.3 Å². The van der Waals surface area contributed by atoms with Gasteiger partial charge in [0.05, 0.1) is 0 Å². The van der Waals surface area contributed by atoms with Crippen LogP contribution in [-0.4, -0.2) is 45.3 Å². The van der Waals surface area contributed by atoms with E-state index in [-0.39, 0.29) is 0 Å². The van der Waals surface area contributed by atoms with Crippen LogP contribution in [0.4, 0.5) is 5.69 Å². The van der Waals surface area contributed by atoms with Gasteiger partial charge in [-0.15, -0.1) is 10.2 Å². The molecule has 6 nitrogen and oxygen atoms in total. The summed E-state index contributed by atoms with van der Waals surface area (Å²) < 4.78 is 2.33. The first-order valence-electron chi connectivity index (χ1n) is 10.4. The molecule has 0 aliphatic carbocycles. The summed E-state index contributed by atoms with van der Waals surface area (Å²) in [7, 11) is 0. The first kappa shape index (κ1) is 18.0. The number of para-hydroxylation sites is 1. The molecule has 2 aliphatic heterocycles. The average molecular weight is 367 g/mol. The van der Waals surface area contributed by atoms with Crippen LogP contribution in [0.1, 0.15) is 50.2 Å². The van der Waals surface area contributed by atoms with E-state index in [9.17, 15) is 0 Å². The molecule has 1 fully saturated rings. The Balaban J connectivity index is 1.45. The number of hydrogen-bond acceptors (Lipinski definition) is 3. The fourth-order valence-corrected chi connectivity index (χ4v) is 3.97. The number of rotatable bonds is 4. The van der Waals surface area contributed by atoms with E-state index in [4.69, 9.17) is 4.99 Å². The number of aromatic nitrogens is 3. The maximum absolute atomic E-state index is 4.94. The van der Waals surface area contributed by atoms with Crippen LogP contribution >= 0.6 is 0 Å². The van der Waals surface area contributed by atoms with Crippen LogP contribution in [0.25, 0.3) is 0 Å². The number of aryl methyl sites for hydroxylation is 1. The molecule has 144 valence electrons. The first-order chi connectivity index (χ1) is 13.4. The van der Waals surface area contributed by atoms with Gasteiger partial charge >= 0.3 is 0 Å². The summed E-state index contributed by atoms with van der Waals surface area (Å²) in [5.41, 5.74) is 1.10. The number of anilines is 1. The molecule has 3 heterocycles. The van der Waals surface area contributed by atoms with Crippen LogP contribution in [0.5, 0.6) is 0 Å². The second kappa shape index (κ2) is 9.02. The molecule has 1 aromatic carbocycles. The third kappa shape index (κ3) is 4.67. The van der Waals surface area contributed by atoms with Crippen molar-refractivity contribution in [3.63, 3.8) is 0 Å². The number of likely N-dealkylation sites (tertiary alicyclic amines) is 1. The zero-order valence-electron chi connectivity index (χ0n) is 16.1. The van der Waals surface area contributed by atoms with Gasteiger partial charge in [0.25, 0.3) is 0 Å². The van der Waals surface area contributed by atoms with Crippen molar-refractivity contribution in [2.75, 3.05) is 25.0 Å². The van der Waals surface area contributed by atoms with Crippen LogP contribution in [0.15, 0.2) is 35.3 Å². The van der Waals surface area contributed by atoms with Crippen molar-refractivity contribution in [1.82, 2.24) is 19.7 Å². The second-order valence-corrected chi connectivity index (χ2v) is 7.49. The summed E-state index contributed by atoms with van der Waals surface area (Å²) in [6, 6.07) is 10.3. The zero-order valence-corrected chi connectivity index (χ0v) is 16.1. The molecule has 6 heteroatoms. The van der Waals surface area contributed by atoms with Gasteiger partial charge in [-0.25, -0.2) is 0 Å². The standard InChI is InChI=1S/C21H30N6/c1-4-10-18(11-5-1)23-21(26-15-7-3-8-16-26)22-14-13-20-25-24-19-12-6-2-9-17-27(19)20/h1,4-5,10-11H,2-3,6-9,12-17H2,(H,22,23). The van der Waals surface area contributed by atoms with Gasteiger partial charge in [0.2, 0.25) is 0 Å². The molecule has 2 aromatic rings. The van der Waals surface area contributed by atoms with Crippen molar-refractivity contribution in [2.45, 2.75) is 57.9 Å². The highest BCUT2D eigenvalue weighted by Crippen LogP contribution is 2.16. The molecule has 27 heavy (non-hydrogen) atoms. The lowest BCUT2D eigenvalue weighted by Crippen LogP contribution is -2.40. The monoisotopic (exact) mass is 366 g/mol. The van der Waals surface area contributed by atoms with Gasteiger partial charge in [0.15, 0.2) is 5.96 Å². The van der Waals surface area contributed by atoms with E-state index in [2.05, 4.69) is 49.2 Å². The number of benzene rings is 1. The van der Waals surface area contributed by atoms with Gasteiger partial charge in [-0.1, -0.05) is 24.6 Å². The van der Waals surface area contributed by atoms with Gasteiger partial charge in [0, 0.05) is 44.7 Å². The first-order valence-corrected chi connectivity index (χ1v) is 10.4. The minimum atomic E-state index is 0.740. The van der Waals surface area contributed by atoms with Crippen LogP contribution in [0.2, 0.25) is 0 Å². The Morgan fingerprint density at radius 3 is 2.56 bits per heavy atom. The van der Waals surface area contributed by atoms with Crippen LogP contribution in [-0.2, 0) is 19.4 Å². The van der Waals surface area contributed by atoms with Crippen molar-refractivity contribution in [1.29, 1.82) is 0 Å². The maximum atomic E-state index is 4.94. The maximum Gasteiger partial charge on any atom is 0.198 e. The van der Waals surface area contributed by atoms with Crippen LogP contribution in [0, 0.1) is 0 Å². The van der Waals surface area contributed by atoms with Crippen LogP contribution < -0.4 is 5.32 Å². The molecule has 0 bridgehead atoms. The van der Waals surface area contributed by atoms with Crippen molar-refractivity contribution < 1.29 is 0 Å². The largest absolute Gasteiger partial charge is 0.343 e. The van der Waals surface area contributed by atoms with Crippen molar-refractivity contribution in [2.24, 2.45) is 4.99 Å². The smallest absolute Gasteiger partial charge is 0.198 e. The number of hydrogen-bond donors (Lipinski definition) is 1. The van der Waals surface area contributed by atoms with E-state index in [1.165, 1.54) is 38.5 Å². The Hall–Kier alpha value is -2.37. The summed E-state index contributed by atoms with van der Waals surface area (Å²) in [5, 5.41) is 12.4. The predicted octanol–water partition coefficient (Wildman–Crippen LogP) is 3.50. The molecule has 0 atom stereocenters. The molecule has 1 N–H and O–H groups in total. The minimum Gasteiger partial charge on any atom is -0.343 e. The predicted molar refractivity (Wildman–Crippen MR) is 109 cm³/mol. The highest BCUT2D eigenvalue weighted by atomic mass is 15.3. The fraction of sp³-hybridized carbons (Fsp3) is 0.571. The quantitative estimate of drug-likeness (QED) is 0.665. The SMILES string of the molecule is c1ccc(NC(=NCCc2nnc3n2CCCCC3)N2CCCCC2)cc1. The normalized spacial score (nSPS) is 18.1. The van der Waals surface area contributed by atoms with Crippen molar-refractivity contribution in [3.8, 4) is 0 Å². The van der Waals surface area contributed by atoms with Crippen molar-refractivity contribution >= 4 is 11.6 Å². The average Bonchev–Trinajstić information content (AvgIpc) is 2.95. The van der Waals surface area contributed by atoms with Gasteiger partial charge < -0.3 is 14.8 Å². The Kier molecular flexibility index (Phi) is 6.02. The Morgan fingerprint density at radius 1 is 0.926 bits per heavy atom. The molecule has 0 spiro atoms. The summed E-state index contributed by atoms with van der Waals surface area (Å²) in [5.74, 6) is 3.25. The van der Waals surface area contributed by atoms with E-state index in [1.54, 1.807) is 0 Å². The molecule has 0 amide bonds. The Labute approximate surface area is 161 Å². The molecular weight excluding hydrogens is 336 g/mol. The minimum absolute atomic E-state index is 0.740. The molecule has 1 aromatic heterocycles. The molecule has 2 aliphatic rings. The summed E-state index contributed by atoms with van der Waals surface area (Å²) in [6.07, 6.45) is 9.47. The van der Waals surface area contributed by atoms with Gasteiger partial charge in [0.1, 0.15) is 11.6 Å². The Bertz CT molecular complexity index is 745. The van der Waals surface area contributed by atoms with E-state index < -0.39 is 0 Å². The molecule has 0 saturated carbocycles. The molecule has 0 radical (unpaired) electrons. The van der Waals surface area contributed by atoms with Gasteiger partial charge in [-0.2, -0.15) is 0 Å². The lowest BCUT2D eigenvalue weighted by Gasteiger charge is -2.30. The van der Waals surface area contributed by atoms with Crippen molar-refractivity contribution in [3.05, 3.63) is 42.0 Å². The summed E-state index contributed by atoms with van der Waals surface area (Å²) >= 11 is 0. The molecule has 1 saturated heterocycles. The zero-order chi connectivity index (χ0) is 18.3. The Morgan fingerprint density at radius 2 is 1.70 bits per heavy atom. The molecular formula is C21H30N6. The second-order valence-electron chi connectivity index (χ2n) is 7.49. The highest BCUT2D eigenvalue weighted by Gasteiger charge is 2.16. The number of aliphatic imine (C=N–C) groups is 1. The van der Waals surface area contributed by atoms with E-state index in [0.29, 0.717) is 0 Å². The van der Waals surface area contributed by atoms with Crippen LogP contribution in [0.3, 0.4) is 0 Å². The van der Waals surface area contributed by atoms with E-state index in [0.717, 1.165) is 62.3 Å². The van der Waals surface area contributed by atoms with E-state index >= 15 is 0 Å². The number of piperidine rings is 1. The summed E-state index contributed by atoms with van der Waals surface area (Å²) in [4.78, 5) is 7.33. The highest BCUT2D eigenvalue weighted by molar-refractivity contribution is 5.93. The van der Waals surface area contributed by atoms with Gasteiger partial charge in [-0.05, 0) is 44.2 Å². The lowest BCUT2D eigenvalue weighted by molar-refractivity contribution is 0.340. The molecule has 4 rings (SSSR count). The third-order valence-corrected chi connectivity index (χ3v) is 5.47. The van der Waals surface area contributed by atoms with Gasteiger partial charge in [-0.3, -0.25) is 4.99 Å². The number of guanidine groups is 1. The third-order valence-electron chi connectivity index (χ3n) is 5.47. The fourth-order valence-electron chi connectivity index (χ4n) is 3.97.